The van der Waals surface area contributed by atoms with Crippen molar-refractivity contribution in [2.45, 2.75) is 30.4 Å². The van der Waals surface area contributed by atoms with Crippen molar-refractivity contribution in [3.05, 3.63) is 36.0 Å². The van der Waals surface area contributed by atoms with Gasteiger partial charge in [0, 0.05) is 13.1 Å². The number of carbonyl (C=O) groups excluding carboxylic acids is 2. The van der Waals surface area contributed by atoms with Gasteiger partial charge in [0.2, 0.25) is 5.91 Å². The number of benzene rings is 1. The van der Waals surface area contributed by atoms with Crippen molar-refractivity contribution in [2.75, 3.05) is 13.1 Å². The van der Waals surface area contributed by atoms with Gasteiger partial charge in [0.25, 0.3) is 11.1 Å². The molecule has 0 spiro atoms. The summed E-state index contributed by atoms with van der Waals surface area (Å²) in [7, 11) is 0. The smallest absolute Gasteiger partial charge is 0.324 e. The number of amides is 3. The van der Waals surface area contributed by atoms with E-state index in [4.69, 9.17) is 9.15 Å². The molecule has 2 heterocycles. The summed E-state index contributed by atoms with van der Waals surface area (Å²) in [6.07, 6.45) is -0.544. The molecule has 10 heteroatoms. The summed E-state index contributed by atoms with van der Waals surface area (Å²) < 4.78 is 24.1. The highest BCUT2D eigenvalue weighted by Gasteiger charge is 2.31. The highest BCUT2D eigenvalue weighted by molar-refractivity contribution is 8.00. The van der Waals surface area contributed by atoms with Gasteiger partial charge in [0.1, 0.15) is 11.6 Å². The molecule has 3 rings (SSSR count). The minimum absolute atomic E-state index is 0.204. The lowest BCUT2D eigenvalue weighted by molar-refractivity contribution is -0.126. The lowest BCUT2D eigenvalue weighted by Gasteiger charge is -2.15. The first-order chi connectivity index (χ1) is 12.4. The first-order valence-electron chi connectivity index (χ1n) is 7.95. The monoisotopic (exact) mass is 380 g/mol. The Labute approximate surface area is 153 Å². The molecule has 0 aliphatic carbocycles. The van der Waals surface area contributed by atoms with Crippen molar-refractivity contribution >= 4 is 23.7 Å². The molecule has 1 aliphatic rings. The summed E-state index contributed by atoms with van der Waals surface area (Å²) in [6, 6.07) is 5.19. The van der Waals surface area contributed by atoms with Gasteiger partial charge in [-0.25, -0.2) is 9.18 Å². The van der Waals surface area contributed by atoms with Crippen LogP contribution in [0.15, 0.2) is 33.9 Å². The van der Waals surface area contributed by atoms with Crippen LogP contribution in [0.2, 0.25) is 0 Å². The summed E-state index contributed by atoms with van der Waals surface area (Å²) in [5.41, 5.74) is 0. The van der Waals surface area contributed by atoms with Gasteiger partial charge in [-0.2, -0.15) is 0 Å². The van der Waals surface area contributed by atoms with Gasteiger partial charge in [-0.15, -0.1) is 10.2 Å². The Bertz CT molecular complexity index is 798. The summed E-state index contributed by atoms with van der Waals surface area (Å²) in [5.74, 6) is 0.0254. The van der Waals surface area contributed by atoms with Crippen LogP contribution in [0.4, 0.5) is 9.18 Å². The minimum atomic E-state index is -0.555. The Morgan fingerprint density at radius 2 is 2.08 bits per heavy atom. The fourth-order valence-electron chi connectivity index (χ4n) is 2.30. The molecule has 3 amide bonds. The van der Waals surface area contributed by atoms with E-state index in [1.165, 1.54) is 24.3 Å². The topological polar surface area (TPSA) is 97.6 Å². The number of aromatic nitrogens is 2. The van der Waals surface area contributed by atoms with E-state index in [1.54, 1.807) is 13.8 Å². The van der Waals surface area contributed by atoms with E-state index in [0.29, 0.717) is 18.8 Å². The fourth-order valence-corrected chi connectivity index (χ4v) is 3.05. The van der Waals surface area contributed by atoms with Crippen LogP contribution in [0.25, 0.3) is 0 Å². The van der Waals surface area contributed by atoms with Crippen LogP contribution < -0.4 is 10.1 Å². The van der Waals surface area contributed by atoms with E-state index in [1.807, 2.05) is 0 Å². The summed E-state index contributed by atoms with van der Waals surface area (Å²) in [6.45, 7) is 4.18. The van der Waals surface area contributed by atoms with Gasteiger partial charge in [0.15, 0.2) is 6.10 Å². The third-order valence-corrected chi connectivity index (χ3v) is 4.57. The average Bonchev–Trinajstić information content (AvgIpc) is 3.25. The molecule has 2 aromatic rings. The van der Waals surface area contributed by atoms with Gasteiger partial charge in [-0.05, 0) is 38.1 Å². The van der Waals surface area contributed by atoms with Crippen molar-refractivity contribution in [1.29, 1.82) is 0 Å². The van der Waals surface area contributed by atoms with Gasteiger partial charge in [0.05, 0.1) is 5.25 Å². The number of hydrogen-bond donors (Lipinski definition) is 1. The second-order valence-corrected chi connectivity index (χ2v) is 6.89. The van der Waals surface area contributed by atoms with Gasteiger partial charge < -0.3 is 14.5 Å². The Kier molecular flexibility index (Phi) is 5.40. The Morgan fingerprint density at radius 3 is 2.73 bits per heavy atom. The first kappa shape index (κ1) is 18.2. The van der Waals surface area contributed by atoms with Crippen LogP contribution in [0.5, 0.6) is 5.75 Å². The number of halogens is 1. The quantitative estimate of drug-likeness (QED) is 0.769. The Balaban J connectivity index is 1.59. The molecule has 138 valence electrons. The molecular formula is C16H17FN4O4S. The van der Waals surface area contributed by atoms with E-state index in [9.17, 15) is 14.0 Å². The number of nitrogens with one attached hydrogen (secondary N) is 1. The van der Waals surface area contributed by atoms with Gasteiger partial charge >= 0.3 is 6.03 Å². The van der Waals surface area contributed by atoms with Crippen LogP contribution >= 0.6 is 11.8 Å². The average molecular weight is 380 g/mol. The molecule has 0 unspecified atom stereocenters. The summed E-state index contributed by atoms with van der Waals surface area (Å²) in [5, 5.41) is 10.0. The van der Waals surface area contributed by atoms with Crippen molar-refractivity contribution < 1.29 is 23.1 Å². The zero-order valence-electron chi connectivity index (χ0n) is 14.1. The molecule has 1 aromatic carbocycles. The first-order valence-corrected chi connectivity index (χ1v) is 8.83. The molecule has 1 saturated heterocycles. The van der Waals surface area contributed by atoms with Crippen LogP contribution in [0.1, 0.15) is 25.8 Å². The molecule has 1 aromatic heterocycles. The second-order valence-electron chi connectivity index (χ2n) is 5.60. The van der Waals surface area contributed by atoms with E-state index in [2.05, 4.69) is 15.5 Å². The predicted molar refractivity (Wildman–Crippen MR) is 90.2 cm³/mol. The molecule has 0 radical (unpaired) electrons. The maximum Gasteiger partial charge on any atom is 0.324 e. The third kappa shape index (κ3) is 4.13. The number of hydrogen-bond acceptors (Lipinski definition) is 7. The highest BCUT2D eigenvalue weighted by Crippen LogP contribution is 2.27. The number of imide groups is 1. The molecule has 2 atom stereocenters. The maximum atomic E-state index is 12.9. The van der Waals surface area contributed by atoms with E-state index >= 15 is 0 Å². The summed E-state index contributed by atoms with van der Waals surface area (Å²) >= 11 is 1.07. The number of ether oxygens (including phenoxy) is 1. The molecule has 0 saturated carbocycles. The van der Waals surface area contributed by atoms with Crippen LogP contribution in [-0.4, -0.2) is 45.4 Å². The van der Waals surface area contributed by atoms with Crippen molar-refractivity contribution in [3.8, 4) is 5.75 Å². The fraction of sp³-hybridized carbons (Fsp3) is 0.375. The largest absolute Gasteiger partial charge is 0.481 e. The van der Waals surface area contributed by atoms with E-state index < -0.39 is 17.4 Å². The molecule has 1 aliphatic heterocycles. The molecular weight excluding hydrogens is 363 g/mol. The maximum absolute atomic E-state index is 12.9. The van der Waals surface area contributed by atoms with Crippen LogP contribution in [0.3, 0.4) is 0 Å². The Morgan fingerprint density at radius 1 is 1.35 bits per heavy atom. The highest BCUT2D eigenvalue weighted by atomic mass is 32.2. The van der Waals surface area contributed by atoms with Crippen molar-refractivity contribution in [3.63, 3.8) is 0 Å². The molecule has 0 bridgehead atoms. The van der Waals surface area contributed by atoms with Crippen molar-refractivity contribution in [1.82, 2.24) is 20.4 Å². The number of rotatable bonds is 6. The normalized spacial score (nSPS) is 16.3. The van der Waals surface area contributed by atoms with Gasteiger partial charge in [-0.1, -0.05) is 11.8 Å². The SMILES string of the molecule is C[C@@H](Sc1nnc([C@@H](C)Oc2ccc(F)cc2)o1)C(=O)N1CCNC1=O. The molecule has 26 heavy (non-hydrogen) atoms. The Hall–Kier alpha value is -2.62. The van der Waals surface area contributed by atoms with Crippen LogP contribution in [-0.2, 0) is 4.79 Å². The van der Waals surface area contributed by atoms with Crippen LogP contribution in [0, 0.1) is 5.82 Å². The lowest BCUT2D eigenvalue weighted by Crippen LogP contribution is -2.38. The number of urea groups is 1. The van der Waals surface area contributed by atoms with E-state index in [0.717, 1.165) is 16.7 Å². The van der Waals surface area contributed by atoms with E-state index in [-0.39, 0.29) is 22.8 Å². The number of carbonyl (C=O) groups is 2. The lowest BCUT2D eigenvalue weighted by atomic mass is 10.3. The van der Waals surface area contributed by atoms with Gasteiger partial charge in [-0.3, -0.25) is 9.69 Å². The molecule has 1 N–H and O–H groups in total. The predicted octanol–water partition coefficient (Wildman–Crippen LogP) is 2.38. The third-order valence-electron chi connectivity index (χ3n) is 3.64. The number of nitrogens with zero attached hydrogens (tertiary/aromatic N) is 3. The zero-order valence-corrected chi connectivity index (χ0v) is 15.0. The van der Waals surface area contributed by atoms with Crippen molar-refractivity contribution in [2.24, 2.45) is 0 Å². The molecule has 1 fully saturated rings. The second kappa shape index (κ2) is 7.73. The minimum Gasteiger partial charge on any atom is -0.481 e. The summed E-state index contributed by atoms with van der Waals surface area (Å²) in [4.78, 5) is 25.0. The molecule has 8 nitrogen and oxygen atoms in total. The zero-order chi connectivity index (χ0) is 18.7. The number of thioether (sulfide) groups is 1. The standard InChI is InChI=1S/C16H17FN4O4S/c1-9(24-12-5-3-11(17)4-6-12)13-19-20-16(25-13)26-10(2)14(22)21-8-7-18-15(21)23/h3-6,9-10H,7-8H2,1-2H3,(H,18,23)/t9-,10-/m1/s1.